The van der Waals surface area contributed by atoms with Crippen molar-refractivity contribution in [1.82, 2.24) is 4.98 Å². The summed E-state index contributed by atoms with van der Waals surface area (Å²) in [4.78, 5) is 16.8. The minimum atomic E-state index is -0.192. The van der Waals surface area contributed by atoms with Crippen molar-refractivity contribution in [3.05, 3.63) is 89.2 Å². The van der Waals surface area contributed by atoms with Gasteiger partial charge in [0.25, 0.3) is 0 Å². The molecule has 1 aliphatic carbocycles. The summed E-state index contributed by atoms with van der Waals surface area (Å²) in [5, 5.41) is 13.3. The van der Waals surface area contributed by atoms with E-state index in [1.807, 2.05) is 45.9 Å². The van der Waals surface area contributed by atoms with Gasteiger partial charge in [0.15, 0.2) is 5.78 Å². The molecule has 0 atom stereocenters. The van der Waals surface area contributed by atoms with Crippen molar-refractivity contribution in [2.24, 2.45) is 11.8 Å². The van der Waals surface area contributed by atoms with Gasteiger partial charge in [-0.1, -0.05) is 95.0 Å². The summed E-state index contributed by atoms with van der Waals surface area (Å²) in [6, 6.07) is 22.5. The normalized spacial score (nSPS) is 13.7. The number of allylic oxidation sites excluding steroid dienone is 2. The van der Waals surface area contributed by atoms with Crippen LogP contribution in [0.1, 0.15) is 83.9 Å². The van der Waals surface area contributed by atoms with E-state index < -0.39 is 0 Å². The average Bonchev–Trinajstić information content (AvgIpc) is 3.35. The standard InChI is InChI=1S/C25H18NO.C13H24O2.Ir/c1-14-11-12-17-22-21-16(8-6-10-20(21)27-24(14)22)23-18(25(17,2)3)13-15-7-4-5-9-19(15)26-23;1-5-10(6-2)12(14)9-13(15)11(7-3)8-4;/h4-7,9-13H,1-3H3;9-11,14H,5-8H2,1-4H3;/q-1;;/b;12-9-;. The minimum Gasteiger partial charge on any atom is -0.512 e. The second-order valence-corrected chi connectivity index (χ2v) is 12.0. The van der Waals surface area contributed by atoms with E-state index >= 15 is 0 Å². The second-order valence-electron chi connectivity index (χ2n) is 12.0. The third-order valence-corrected chi connectivity index (χ3v) is 9.16. The Balaban J connectivity index is 0.000000230. The topological polar surface area (TPSA) is 63.3 Å². The zero-order valence-electron chi connectivity index (χ0n) is 26.3. The van der Waals surface area contributed by atoms with Crippen LogP contribution in [0, 0.1) is 24.8 Å². The van der Waals surface area contributed by atoms with Crippen LogP contribution in [0.5, 0.6) is 0 Å². The molecule has 6 rings (SSSR count). The third kappa shape index (κ3) is 5.82. The van der Waals surface area contributed by atoms with Crippen LogP contribution in [-0.2, 0) is 30.3 Å². The predicted molar refractivity (Wildman–Crippen MR) is 174 cm³/mol. The van der Waals surface area contributed by atoms with Gasteiger partial charge in [-0.05, 0) is 66.3 Å². The van der Waals surface area contributed by atoms with Gasteiger partial charge in [-0.3, -0.25) is 9.78 Å². The monoisotopic (exact) mass is 753 g/mol. The maximum atomic E-state index is 11.7. The Kier molecular flexibility index (Phi) is 9.99. The quantitative estimate of drug-likeness (QED) is 0.102. The number of hydrogen-bond acceptors (Lipinski definition) is 4. The van der Waals surface area contributed by atoms with E-state index in [4.69, 9.17) is 9.40 Å². The fourth-order valence-electron chi connectivity index (χ4n) is 6.40. The van der Waals surface area contributed by atoms with Gasteiger partial charge in [-0.2, -0.15) is 0 Å². The average molecular weight is 753 g/mol. The van der Waals surface area contributed by atoms with Crippen LogP contribution in [0.25, 0.3) is 44.1 Å². The molecule has 2 heterocycles. The van der Waals surface area contributed by atoms with Gasteiger partial charge in [-0.25, -0.2) is 0 Å². The van der Waals surface area contributed by atoms with Crippen LogP contribution in [0.15, 0.2) is 70.8 Å². The molecular formula is C38H42IrNO3-. The molecule has 0 saturated heterocycles. The largest absolute Gasteiger partial charge is 0.512 e. The van der Waals surface area contributed by atoms with Crippen LogP contribution in [-0.4, -0.2) is 15.9 Å². The number of carbonyl (C=O) groups is 1. The Morgan fingerprint density at radius 1 is 0.953 bits per heavy atom. The first kappa shape index (κ1) is 32.6. The smallest absolute Gasteiger partial charge is 0.162 e. The number of aliphatic hydroxyl groups excluding tert-OH is 1. The molecule has 0 spiro atoms. The van der Waals surface area contributed by atoms with E-state index in [0.29, 0.717) is 0 Å². The van der Waals surface area contributed by atoms with Crippen LogP contribution >= 0.6 is 0 Å². The molecule has 4 nitrogen and oxygen atoms in total. The van der Waals surface area contributed by atoms with Gasteiger partial charge in [0.05, 0.1) is 16.9 Å². The number of aliphatic hydroxyl groups is 1. The Morgan fingerprint density at radius 2 is 1.63 bits per heavy atom. The van der Waals surface area contributed by atoms with Crippen molar-refractivity contribution in [2.45, 2.75) is 79.6 Å². The molecule has 0 unspecified atom stereocenters. The van der Waals surface area contributed by atoms with Crippen LogP contribution in [0.2, 0.25) is 0 Å². The van der Waals surface area contributed by atoms with E-state index in [9.17, 15) is 9.90 Å². The molecule has 0 fully saturated rings. The summed E-state index contributed by atoms with van der Waals surface area (Å²) < 4.78 is 6.29. The summed E-state index contributed by atoms with van der Waals surface area (Å²) in [7, 11) is 0. The number of hydrogen-bond donors (Lipinski definition) is 1. The van der Waals surface area contributed by atoms with Crippen LogP contribution in [0.3, 0.4) is 0 Å². The first-order valence-electron chi connectivity index (χ1n) is 15.4. The molecule has 43 heavy (non-hydrogen) atoms. The van der Waals surface area contributed by atoms with Gasteiger partial charge in [0, 0.05) is 43.4 Å². The molecule has 1 N–H and O–H groups in total. The van der Waals surface area contributed by atoms with Gasteiger partial charge in [-0.15, -0.1) is 17.7 Å². The molecule has 0 amide bonds. The second kappa shape index (κ2) is 13.2. The Labute approximate surface area is 268 Å². The van der Waals surface area contributed by atoms with Crippen molar-refractivity contribution >= 4 is 38.6 Å². The Bertz CT molecular complexity index is 1810. The number of carbonyl (C=O) groups excluding carboxylic acids is 1. The number of rotatable bonds is 7. The van der Waals surface area contributed by atoms with Gasteiger partial charge < -0.3 is 9.52 Å². The Hall–Kier alpha value is -3.27. The SMILES string of the molecule is CCC(CC)C(=O)/C=C(\O)C(CC)CC.Cc1ccc2c3c1oc1cc[c-]c(c13)-c1nc3ccccc3cc1C2(C)C.[Ir]. The predicted octanol–water partition coefficient (Wildman–Crippen LogP) is 10.4. The van der Waals surface area contributed by atoms with E-state index in [-0.39, 0.29) is 48.9 Å². The number of pyridine rings is 1. The molecule has 3 aromatic carbocycles. The third-order valence-electron chi connectivity index (χ3n) is 9.16. The summed E-state index contributed by atoms with van der Waals surface area (Å²) in [6.07, 6.45) is 4.91. The van der Waals surface area contributed by atoms with Gasteiger partial charge >= 0.3 is 0 Å². The number of aryl methyl sites for hydroxylation is 1. The van der Waals surface area contributed by atoms with Crippen molar-refractivity contribution in [3.63, 3.8) is 0 Å². The fraction of sp³-hybridized carbons (Fsp3) is 0.368. The zero-order chi connectivity index (χ0) is 30.2. The number of furan rings is 1. The van der Waals surface area contributed by atoms with Crippen molar-refractivity contribution in [1.29, 1.82) is 0 Å². The summed E-state index contributed by atoms with van der Waals surface area (Å²) in [6.45, 7) is 14.8. The van der Waals surface area contributed by atoms with Crippen molar-refractivity contribution < 1.29 is 34.4 Å². The number of nitrogens with zero attached hydrogens (tertiary/aromatic N) is 1. The molecule has 1 aliphatic rings. The number of aromatic nitrogens is 1. The molecule has 227 valence electrons. The first-order valence-corrected chi connectivity index (χ1v) is 15.4. The van der Waals surface area contributed by atoms with E-state index in [0.717, 1.165) is 64.6 Å². The Morgan fingerprint density at radius 3 is 2.30 bits per heavy atom. The summed E-state index contributed by atoms with van der Waals surface area (Å²) in [5.74, 6) is 0.547. The maximum Gasteiger partial charge on any atom is 0.162 e. The number of fused-ring (bicyclic) bond motifs is 3. The van der Waals surface area contributed by atoms with E-state index in [1.165, 1.54) is 28.0 Å². The fourth-order valence-corrected chi connectivity index (χ4v) is 6.40. The van der Waals surface area contributed by atoms with Crippen LogP contribution < -0.4 is 0 Å². The molecule has 0 saturated carbocycles. The first-order chi connectivity index (χ1) is 20.2. The molecule has 0 bridgehead atoms. The van der Waals surface area contributed by atoms with Gasteiger partial charge in [0.2, 0.25) is 0 Å². The van der Waals surface area contributed by atoms with Gasteiger partial charge in [0.1, 0.15) is 5.58 Å². The summed E-state index contributed by atoms with van der Waals surface area (Å²) >= 11 is 0. The molecule has 0 aliphatic heterocycles. The molecular weight excluding hydrogens is 711 g/mol. The minimum absolute atomic E-state index is 0. The number of benzene rings is 3. The molecule has 1 radical (unpaired) electrons. The number of ketones is 1. The molecule has 2 aromatic heterocycles. The summed E-state index contributed by atoms with van der Waals surface area (Å²) in [5.41, 5.74) is 8.47. The van der Waals surface area contributed by atoms with E-state index in [2.05, 4.69) is 63.2 Å². The van der Waals surface area contributed by atoms with Crippen LogP contribution in [0.4, 0.5) is 0 Å². The van der Waals surface area contributed by atoms with Crippen molar-refractivity contribution in [3.8, 4) is 11.3 Å². The number of para-hydroxylation sites is 1. The maximum absolute atomic E-state index is 11.7. The molecule has 5 heteroatoms. The zero-order valence-corrected chi connectivity index (χ0v) is 28.7. The molecule has 5 aromatic rings. The van der Waals surface area contributed by atoms with Crippen molar-refractivity contribution in [2.75, 3.05) is 0 Å². The van der Waals surface area contributed by atoms with E-state index in [1.54, 1.807) is 0 Å².